The van der Waals surface area contributed by atoms with Crippen molar-refractivity contribution in [1.29, 1.82) is 0 Å². The molecule has 0 unspecified atom stereocenters. The van der Waals surface area contributed by atoms with Crippen molar-refractivity contribution in [2.75, 3.05) is 0 Å². The monoisotopic (exact) mass is 600 g/mol. The Bertz CT molecular complexity index is 11.6. The third kappa shape index (κ3) is 17.8. The molecule has 5 heteroatoms. The second-order valence-electron chi connectivity index (χ2n) is 0. The smallest absolute Gasteiger partial charge is 0 e. The van der Waals surface area contributed by atoms with E-state index in [2.05, 4.69) is 0 Å². The molecule has 0 saturated heterocycles. The van der Waals surface area contributed by atoms with E-state index < -0.39 is 0 Å². The molecular formula is CeLaNdYZr. The van der Waals surface area contributed by atoms with Crippen LogP contribution in [-0.4, -0.2) is 0 Å². The van der Waals surface area contributed by atoms with E-state index in [0.29, 0.717) is 0 Å². The fourth-order valence-corrected chi connectivity index (χ4v) is 0. The molecule has 0 N–H and O–H groups in total. The molecule has 2 radical (unpaired) electrons. The van der Waals surface area contributed by atoms with Crippen LogP contribution in [0.2, 0.25) is 0 Å². The van der Waals surface area contributed by atoms with E-state index >= 15 is 0 Å². The Kier molecular flexibility index (Phi) is 138. The van der Waals surface area contributed by atoms with Crippen molar-refractivity contribution in [2.24, 2.45) is 0 Å². The van der Waals surface area contributed by atoms with Crippen LogP contribution < -0.4 is 0 Å². The van der Waals surface area contributed by atoms with E-state index in [9.17, 15) is 0 Å². The Morgan fingerprint density at radius 1 is 1.00 bits per heavy atom. The molecule has 0 aromatic rings. The Morgan fingerprint density at radius 2 is 1.00 bits per heavy atom. The molecule has 0 amide bonds. The molecule has 0 spiro atoms. The Balaban J connectivity index is 0. The summed E-state index contributed by atoms with van der Waals surface area (Å²) in [6, 6.07) is 0. The van der Waals surface area contributed by atoms with Gasteiger partial charge in [0, 0.05) is 177 Å². The van der Waals surface area contributed by atoms with Crippen molar-refractivity contribution in [3.63, 3.8) is 0 Å². The first-order valence-electron chi connectivity index (χ1n) is 0. The summed E-state index contributed by atoms with van der Waals surface area (Å²) in [4.78, 5) is 0. The third-order valence-electron chi connectivity index (χ3n) is 0. The molecule has 0 aromatic heterocycles. The molecular weight excluding hydrogens is 603 g/mol. The molecule has 0 atom stereocenters. The zero-order valence-electron chi connectivity index (χ0n) is 2.65. The van der Waals surface area contributed by atoms with Gasteiger partial charge in [-0.1, -0.05) is 0 Å². The molecule has 0 fully saturated rings. The first kappa shape index (κ1) is 30.7. The molecule has 0 aliphatic heterocycles. The van der Waals surface area contributed by atoms with Crippen LogP contribution >= 0.6 is 0 Å². The van der Waals surface area contributed by atoms with Crippen LogP contribution in [0.1, 0.15) is 0 Å². The SMILES string of the molecule is [Ce].[La].[Nd].[Y].[Zr]. The van der Waals surface area contributed by atoms with Crippen LogP contribution in [0.3, 0.4) is 0 Å². The average Bonchev–Trinajstić information content (AvgIpc) is 0. The molecule has 0 heterocycles. The topological polar surface area (TPSA) is 0 Å². The van der Waals surface area contributed by atoms with E-state index in [4.69, 9.17) is 0 Å². The van der Waals surface area contributed by atoms with Gasteiger partial charge in [0.05, 0.1) is 0 Å². The predicted octanol–water partition coefficient (Wildman–Crippen LogP) is -0.00500. The zero-order valence-corrected chi connectivity index (χ0v) is 17.9. The molecule has 0 rings (SSSR count). The molecule has 18 valence electrons. The minimum Gasteiger partial charge on any atom is 0 e. The predicted molar refractivity (Wildman–Crippen MR) is 0 cm³/mol. The van der Waals surface area contributed by atoms with Gasteiger partial charge in [0.2, 0.25) is 0 Å². The largest absolute Gasteiger partial charge is 0 e. The summed E-state index contributed by atoms with van der Waals surface area (Å²) in [7, 11) is 0. The van der Waals surface area contributed by atoms with Crippen molar-refractivity contribution in [3.8, 4) is 0 Å². The first-order valence-corrected chi connectivity index (χ1v) is 0. The van der Waals surface area contributed by atoms with E-state index in [-0.39, 0.29) is 177 Å². The maximum atomic E-state index is 0. The number of rotatable bonds is 0. The number of hydrogen-bond acceptors (Lipinski definition) is 0. The standard InChI is InChI=1S/Ce.La.Nd.Y.Zr. The van der Waals surface area contributed by atoms with Crippen LogP contribution in [-0.2, 0) is 58.9 Å². The van der Waals surface area contributed by atoms with Crippen LogP contribution in [0.4, 0.5) is 0 Å². The maximum absolute atomic E-state index is 0. The van der Waals surface area contributed by atoms with E-state index in [0.717, 1.165) is 0 Å². The van der Waals surface area contributed by atoms with Gasteiger partial charge >= 0.3 is 0 Å². The van der Waals surface area contributed by atoms with Gasteiger partial charge < -0.3 is 0 Å². The van der Waals surface area contributed by atoms with Crippen LogP contribution in [0.5, 0.6) is 0 Å². The van der Waals surface area contributed by atoms with Crippen molar-refractivity contribution in [3.05, 3.63) is 0 Å². The Morgan fingerprint density at radius 3 is 1.00 bits per heavy atom. The molecule has 0 aromatic carbocycles. The molecule has 0 aliphatic carbocycles. The summed E-state index contributed by atoms with van der Waals surface area (Å²) in [6.07, 6.45) is 0. The zero-order chi connectivity index (χ0) is 0. The molecule has 0 saturated carbocycles. The van der Waals surface area contributed by atoms with Gasteiger partial charge in [-0.25, -0.2) is 0 Å². The maximum Gasteiger partial charge on any atom is 0 e. The molecule has 0 bridgehead atoms. The fourth-order valence-electron chi connectivity index (χ4n) is 0. The van der Waals surface area contributed by atoms with Gasteiger partial charge in [0.1, 0.15) is 0 Å². The van der Waals surface area contributed by atoms with Crippen LogP contribution in [0.25, 0.3) is 0 Å². The molecule has 5 heavy (non-hydrogen) atoms. The fraction of sp³-hybridized carbons (Fsp3) is 0. The summed E-state index contributed by atoms with van der Waals surface area (Å²) >= 11 is 0. The van der Waals surface area contributed by atoms with Crippen molar-refractivity contribution in [1.82, 2.24) is 0 Å². The van der Waals surface area contributed by atoms with E-state index in [1.807, 2.05) is 0 Å². The first-order chi connectivity index (χ1) is 0. The van der Waals surface area contributed by atoms with E-state index in [1.54, 1.807) is 0 Å². The molecule has 0 aliphatic rings. The molecule has 0 nitrogen and oxygen atoms in total. The number of hydrogen-bond donors (Lipinski definition) is 0. The van der Waals surface area contributed by atoms with Crippen LogP contribution in [0, 0.1) is 118 Å². The van der Waals surface area contributed by atoms with Crippen LogP contribution in [0.15, 0.2) is 0 Å². The Hall–Kier alpha value is 5.91. The quantitative estimate of drug-likeness (QED) is 0.366. The van der Waals surface area contributed by atoms with Gasteiger partial charge in [-0.15, -0.1) is 0 Å². The summed E-state index contributed by atoms with van der Waals surface area (Å²) in [6.45, 7) is 0. The van der Waals surface area contributed by atoms with Crippen molar-refractivity contribution >= 4 is 0 Å². The minimum atomic E-state index is 0. The summed E-state index contributed by atoms with van der Waals surface area (Å²) < 4.78 is 0. The third-order valence-corrected chi connectivity index (χ3v) is 0. The summed E-state index contributed by atoms with van der Waals surface area (Å²) in [5.41, 5.74) is 0. The van der Waals surface area contributed by atoms with Gasteiger partial charge in [-0.3, -0.25) is 0 Å². The van der Waals surface area contributed by atoms with Crippen molar-refractivity contribution in [2.45, 2.75) is 0 Å². The Labute approximate surface area is 171 Å². The van der Waals surface area contributed by atoms with Gasteiger partial charge in [0.25, 0.3) is 0 Å². The van der Waals surface area contributed by atoms with Gasteiger partial charge in [-0.05, 0) is 0 Å². The van der Waals surface area contributed by atoms with Crippen molar-refractivity contribution < 1.29 is 177 Å². The normalized spacial score (nSPS) is 0. The second-order valence-corrected chi connectivity index (χ2v) is 0. The van der Waals surface area contributed by atoms with Gasteiger partial charge in [-0.2, -0.15) is 0 Å². The van der Waals surface area contributed by atoms with E-state index in [1.165, 1.54) is 0 Å². The second kappa shape index (κ2) is 22.5. The average molecular weight is 603 g/mol. The van der Waals surface area contributed by atoms with Gasteiger partial charge in [0.15, 0.2) is 0 Å². The summed E-state index contributed by atoms with van der Waals surface area (Å²) in [5.74, 6) is 0. The summed E-state index contributed by atoms with van der Waals surface area (Å²) in [5, 5.41) is 0. The minimum absolute atomic E-state index is 0.